The highest BCUT2D eigenvalue weighted by atomic mass is 35.5. The lowest BCUT2D eigenvalue weighted by molar-refractivity contribution is -0.129. The predicted octanol–water partition coefficient (Wildman–Crippen LogP) is 2.71. The van der Waals surface area contributed by atoms with E-state index in [-0.39, 0.29) is 45.5 Å². The van der Waals surface area contributed by atoms with Gasteiger partial charge < -0.3 is 10.2 Å². The van der Waals surface area contributed by atoms with Gasteiger partial charge in [0.15, 0.2) is 5.82 Å². The molecule has 1 N–H and O–H groups in total. The first-order valence-electron chi connectivity index (χ1n) is 12.9. The monoisotopic (exact) mass is 630 g/mol. The third kappa shape index (κ3) is 5.36. The molecular formula is C26H22Cl2F2N10O3. The fourth-order valence-electron chi connectivity index (χ4n) is 4.85. The lowest BCUT2D eigenvalue weighted by atomic mass is 10.2. The van der Waals surface area contributed by atoms with Gasteiger partial charge in [-0.05, 0) is 24.6 Å². The van der Waals surface area contributed by atoms with Gasteiger partial charge in [0.2, 0.25) is 11.9 Å². The number of halogens is 4. The molecule has 13 nitrogen and oxygen atoms in total. The Bertz CT molecular complexity index is 2040. The van der Waals surface area contributed by atoms with Crippen LogP contribution in [-0.2, 0) is 24.9 Å². The number of nitrogens with one attached hydrogen (secondary N) is 1. The van der Waals surface area contributed by atoms with E-state index >= 15 is 0 Å². The second-order valence-electron chi connectivity index (χ2n) is 10.1. The highest BCUT2D eigenvalue weighted by molar-refractivity contribution is 6.34. The quantitative estimate of drug-likeness (QED) is 0.271. The van der Waals surface area contributed by atoms with E-state index in [0.29, 0.717) is 29.9 Å². The Kier molecular flexibility index (Phi) is 7.22. The highest BCUT2D eigenvalue weighted by Gasteiger charge is 2.31. The molecule has 0 saturated carbocycles. The van der Waals surface area contributed by atoms with E-state index in [1.165, 1.54) is 11.0 Å². The van der Waals surface area contributed by atoms with E-state index in [0.717, 1.165) is 15.2 Å². The maximum absolute atomic E-state index is 14.8. The van der Waals surface area contributed by atoms with Crippen molar-refractivity contribution >= 4 is 51.6 Å². The van der Waals surface area contributed by atoms with Crippen LogP contribution in [0.5, 0.6) is 0 Å². The number of fused-ring (bicyclic) bond motifs is 1. The Morgan fingerprint density at radius 1 is 0.977 bits per heavy atom. The number of nitrogens with zero attached hydrogens (tertiary/aromatic N) is 9. The number of anilines is 2. The summed E-state index contributed by atoms with van der Waals surface area (Å²) < 4.78 is 33.4. The number of benzene rings is 2. The summed E-state index contributed by atoms with van der Waals surface area (Å²) >= 11 is 12.4. The third-order valence-corrected chi connectivity index (χ3v) is 7.69. The van der Waals surface area contributed by atoms with Gasteiger partial charge in [-0.15, -0.1) is 0 Å². The van der Waals surface area contributed by atoms with Gasteiger partial charge >= 0.3 is 11.4 Å². The summed E-state index contributed by atoms with van der Waals surface area (Å²) in [5.74, 6) is -2.07. The zero-order valence-corrected chi connectivity index (χ0v) is 24.1. The second kappa shape index (κ2) is 10.9. The predicted molar refractivity (Wildman–Crippen MR) is 153 cm³/mol. The van der Waals surface area contributed by atoms with Gasteiger partial charge in [-0.2, -0.15) is 15.2 Å². The molecule has 0 unspecified atom stereocenters. The van der Waals surface area contributed by atoms with Crippen LogP contribution < -0.4 is 16.7 Å². The fourth-order valence-corrected chi connectivity index (χ4v) is 5.24. The van der Waals surface area contributed by atoms with Crippen molar-refractivity contribution in [2.24, 2.45) is 7.05 Å². The van der Waals surface area contributed by atoms with Crippen LogP contribution in [0, 0.1) is 11.6 Å². The maximum Gasteiger partial charge on any atom is 0.355 e. The average Bonchev–Trinajstić information content (AvgIpc) is 3.65. The van der Waals surface area contributed by atoms with Gasteiger partial charge in [-0.25, -0.2) is 27.9 Å². The van der Waals surface area contributed by atoms with Gasteiger partial charge in [0.05, 0.1) is 34.3 Å². The molecule has 1 atom stereocenters. The van der Waals surface area contributed by atoms with Gasteiger partial charge in [0, 0.05) is 43.9 Å². The molecule has 1 saturated heterocycles. The molecule has 4 heterocycles. The number of aryl methyl sites for hydroxylation is 1. The smallest absolute Gasteiger partial charge is 0.344 e. The first-order chi connectivity index (χ1) is 20.5. The van der Waals surface area contributed by atoms with Gasteiger partial charge in [-0.1, -0.05) is 23.2 Å². The Balaban J connectivity index is 1.43. The fraction of sp³-hybridized carbons (Fsp3) is 0.269. The Morgan fingerprint density at radius 2 is 1.77 bits per heavy atom. The summed E-state index contributed by atoms with van der Waals surface area (Å²) in [5.41, 5.74) is -1.16. The number of likely N-dealkylation sites (N-methyl/N-ethyl adjacent to an activating group) is 1. The largest absolute Gasteiger partial charge is 0.355 e. The van der Waals surface area contributed by atoms with E-state index in [2.05, 4.69) is 25.5 Å². The number of hydrogen-bond donors (Lipinski definition) is 1. The number of rotatable bonds is 7. The zero-order chi connectivity index (χ0) is 30.6. The minimum Gasteiger partial charge on any atom is -0.344 e. The van der Waals surface area contributed by atoms with E-state index in [1.807, 2.05) is 0 Å². The van der Waals surface area contributed by atoms with Crippen LogP contribution in [0.25, 0.3) is 10.9 Å². The number of amides is 1. The van der Waals surface area contributed by atoms with Crippen molar-refractivity contribution in [3.05, 3.63) is 90.8 Å². The van der Waals surface area contributed by atoms with Gasteiger partial charge in [-0.3, -0.25) is 18.7 Å². The van der Waals surface area contributed by atoms with Crippen LogP contribution in [0.2, 0.25) is 10.0 Å². The normalized spacial score (nSPS) is 15.2. The maximum atomic E-state index is 14.8. The van der Waals surface area contributed by atoms with Gasteiger partial charge in [0.25, 0.3) is 0 Å². The molecule has 0 radical (unpaired) electrons. The van der Waals surface area contributed by atoms with E-state index < -0.39 is 35.6 Å². The molecule has 1 aliphatic rings. The Labute approximate surface area is 250 Å². The lowest BCUT2D eigenvalue weighted by Gasteiger charge is -2.16. The SMILES string of the molecule is CN1CC[C@H](n2cc3cc(Nc4nc(=O)n(Cc5ncn(C)n5)c(=O)n4Cc4cc(Cl)c(F)cc4F)c(Cl)cc3n2)C1=O. The van der Waals surface area contributed by atoms with E-state index in [9.17, 15) is 23.2 Å². The lowest BCUT2D eigenvalue weighted by Crippen LogP contribution is -2.43. The van der Waals surface area contributed by atoms with Crippen molar-refractivity contribution in [3.8, 4) is 0 Å². The molecule has 222 valence electrons. The molecule has 0 bridgehead atoms. The molecule has 5 aromatic rings. The molecular weight excluding hydrogens is 609 g/mol. The topological polar surface area (TPSA) is 138 Å². The highest BCUT2D eigenvalue weighted by Crippen LogP contribution is 2.31. The first kappa shape index (κ1) is 28.5. The minimum atomic E-state index is -0.968. The standard InChI is InChI=1S/C26H22Cl2F2N10O3/c1-36-4-3-21(23(36)41)40-10-14-6-20(16(28)7-19(14)34-40)32-24-33-25(42)39(11-22-31-12-37(2)35-22)26(43)38(24)9-13-5-15(27)18(30)8-17(13)29/h5-8,10,12,21H,3-4,9,11H2,1-2H3,(H,32,33,42)/t21-/m0/s1. The van der Waals surface area contributed by atoms with Crippen molar-refractivity contribution in [1.29, 1.82) is 0 Å². The van der Waals surface area contributed by atoms with Crippen LogP contribution in [0.3, 0.4) is 0 Å². The van der Waals surface area contributed by atoms with Crippen molar-refractivity contribution < 1.29 is 13.6 Å². The molecule has 1 amide bonds. The summed E-state index contributed by atoms with van der Waals surface area (Å²) in [5, 5.41) is 11.9. The molecule has 1 aliphatic heterocycles. The molecule has 3 aromatic heterocycles. The second-order valence-corrected chi connectivity index (χ2v) is 10.9. The van der Waals surface area contributed by atoms with Crippen LogP contribution in [0.1, 0.15) is 23.9 Å². The number of likely N-dealkylation sites (tertiary alicyclic amines) is 1. The van der Waals surface area contributed by atoms with Crippen LogP contribution >= 0.6 is 23.2 Å². The van der Waals surface area contributed by atoms with Gasteiger partial charge in [0.1, 0.15) is 24.0 Å². The minimum absolute atomic E-state index is 0.0555. The number of carbonyl (C=O) groups excluding carboxylic acids is 1. The van der Waals surface area contributed by atoms with Crippen molar-refractivity contribution in [3.63, 3.8) is 0 Å². The van der Waals surface area contributed by atoms with E-state index in [1.54, 1.807) is 42.0 Å². The summed E-state index contributed by atoms with van der Waals surface area (Å²) in [6.07, 6.45) is 3.71. The van der Waals surface area contributed by atoms with Crippen molar-refractivity contribution in [1.82, 2.24) is 43.6 Å². The molecule has 1 fully saturated rings. The summed E-state index contributed by atoms with van der Waals surface area (Å²) in [6.45, 7) is -0.164. The third-order valence-electron chi connectivity index (χ3n) is 7.09. The summed E-state index contributed by atoms with van der Waals surface area (Å²) in [6, 6.07) is 4.39. The molecule has 2 aromatic carbocycles. The van der Waals surface area contributed by atoms with Crippen LogP contribution in [0.15, 0.2) is 46.4 Å². The Hall–Kier alpha value is -4.63. The Morgan fingerprint density at radius 3 is 2.47 bits per heavy atom. The number of carbonyl (C=O) groups is 1. The molecule has 17 heteroatoms. The van der Waals surface area contributed by atoms with Crippen molar-refractivity contribution in [2.45, 2.75) is 25.6 Å². The van der Waals surface area contributed by atoms with Crippen LogP contribution in [-0.4, -0.2) is 63.1 Å². The number of aromatic nitrogens is 8. The molecule has 6 rings (SSSR count). The summed E-state index contributed by atoms with van der Waals surface area (Å²) in [7, 11) is 3.35. The van der Waals surface area contributed by atoms with Crippen LogP contribution in [0.4, 0.5) is 20.4 Å². The zero-order valence-electron chi connectivity index (χ0n) is 22.6. The summed E-state index contributed by atoms with van der Waals surface area (Å²) in [4.78, 5) is 48.9. The van der Waals surface area contributed by atoms with E-state index in [4.69, 9.17) is 23.2 Å². The number of hydrogen-bond acceptors (Lipinski definition) is 8. The molecule has 0 aliphatic carbocycles. The average molecular weight is 631 g/mol. The molecule has 43 heavy (non-hydrogen) atoms. The first-order valence-corrected chi connectivity index (χ1v) is 13.6. The molecule has 0 spiro atoms. The van der Waals surface area contributed by atoms with Crippen molar-refractivity contribution in [2.75, 3.05) is 18.9 Å².